The predicted molar refractivity (Wildman–Crippen MR) is 54.8 cm³/mol. The van der Waals surface area contributed by atoms with Gasteiger partial charge in [-0.1, -0.05) is 0 Å². The lowest BCUT2D eigenvalue weighted by atomic mass is 10.1. The molecule has 1 aliphatic rings. The van der Waals surface area contributed by atoms with Crippen molar-refractivity contribution in [1.82, 2.24) is 15.5 Å². The molecule has 0 aromatic rings. The van der Waals surface area contributed by atoms with E-state index in [9.17, 15) is 14.4 Å². The van der Waals surface area contributed by atoms with Gasteiger partial charge in [-0.3, -0.25) is 14.5 Å². The van der Waals surface area contributed by atoms with Gasteiger partial charge in [0.1, 0.15) is 5.54 Å². The number of nitrogens with one attached hydrogen (secondary N) is 2. The number of carboxylic acids is 1. The molecule has 0 aliphatic carbocycles. The van der Waals surface area contributed by atoms with Crippen molar-refractivity contribution in [3.05, 3.63) is 0 Å². The lowest BCUT2D eigenvalue weighted by molar-refractivity contribution is -0.135. The van der Waals surface area contributed by atoms with Gasteiger partial charge in [-0.05, 0) is 13.8 Å². The monoisotopic (exact) mass is 229 g/mol. The van der Waals surface area contributed by atoms with Crippen LogP contribution in [0.4, 0.5) is 4.79 Å². The number of nitrogens with zero attached hydrogens (tertiary/aromatic N) is 1. The number of amides is 3. The Balaban J connectivity index is 2.41. The molecule has 0 saturated carbocycles. The van der Waals surface area contributed by atoms with E-state index in [0.717, 1.165) is 4.90 Å². The average Bonchev–Trinajstić information content (AvgIpc) is 2.33. The summed E-state index contributed by atoms with van der Waals surface area (Å²) in [5.74, 6) is -1.27. The van der Waals surface area contributed by atoms with Crippen LogP contribution in [-0.2, 0) is 9.59 Å². The molecule has 0 radical (unpaired) electrons. The molecule has 90 valence electrons. The average molecular weight is 229 g/mol. The van der Waals surface area contributed by atoms with Crippen LogP contribution in [0.1, 0.15) is 13.8 Å². The number of carbonyl (C=O) groups is 3. The zero-order valence-corrected chi connectivity index (χ0v) is 9.24. The van der Waals surface area contributed by atoms with E-state index in [0.29, 0.717) is 0 Å². The quantitative estimate of drug-likeness (QED) is 0.414. The van der Waals surface area contributed by atoms with Crippen molar-refractivity contribution in [3.8, 4) is 0 Å². The molecule has 0 bridgehead atoms. The highest BCUT2D eigenvalue weighted by atomic mass is 16.4. The Bertz CT molecular complexity index is 327. The fourth-order valence-electron chi connectivity index (χ4n) is 1.41. The van der Waals surface area contributed by atoms with E-state index >= 15 is 0 Å². The number of hydrogen-bond acceptors (Lipinski definition) is 4. The van der Waals surface area contributed by atoms with Crippen molar-refractivity contribution in [2.45, 2.75) is 19.4 Å². The summed E-state index contributed by atoms with van der Waals surface area (Å²) < 4.78 is 0. The number of carboxylic acid groups (broad SMARTS) is 1. The van der Waals surface area contributed by atoms with Gasteiger partial charge in [-0.15, -0.1) is 0 Å². The van der Waals surface area contributed by atoms with Crippen LogP contribution in [0.15, 0.2) is 0 Å². The summed E-state index contributed by atoms with van der Waals surface area (Å²) in [7, 11) is 0. The van der Waals surface area contributed by atoms with E-state index in [1.54, 1.807) is 13.8 Å². The van der Waals surface area contributed by atoms with Crippen molar-refractivity contribution >= 4 is 17.9 Å². The van der Waals surface area contributed by atoms with Gasteiger partial charge in [0.05, 0.1) is 6.54 Å². The second kappa shape index (κ2) is 4.48. The first kappa shape index (κ1) is 12.4. The predicted octanol–water partition coefficient (Wildman–Crippen LogP) is -1.01. The highest BCUT2D eigenvalue weighted by Gasteiger charge is 2.43. The van der Waals surface area contributed by atoms with Crippen LogP contribution in [0.3, 0.4) is 0 Å². The van der Waals surface area contributed by atoms with Crippen molar-refractivity contribution in [2.24, 2.45) is 0 Å². The molecule has 3 amide bonds. The third-order valence-electron chi connectivity index (χ3n) is 2.23. The van der Waals surface area contributed by atoms with Gasteiger partial charge >= 0.3 is 12.0 Å². The fraction of sp³-hybridized carbons (Fsp3) is 0.667. The van der Waals surface area contributed by atoms with E-state index in [1.165, 1.54) is 0 Å². The summed E-state index contributed by atoms with van der Waals surface area (Å²) in [5, 5.41) is 13.5. The second-order valence-electron chi connectivity index (χ2n) is 4.08. The lowest BCUT2D eigenvalue weighted by Gasteiger charge is -2.15. The zero-order valence-electron chi connectivity index (χ0n) is 9.24. The number of urea groups is 1. The summed E-state index contributed by atoms with van der Waals surface area (Å²) in [6.07, 6.45) is 0. The third kappa shape index (κ3) is 2.69. The molecule has 0 atom stereocenters. The Morgan fingerprint density at radius 2 is 2.12 bits per heavy atom. The Morgan fingerprint density at radius 3 is 2.56 bits per heavy atom. The zero-order chi connectivity index (χ0) is 12.3. The SMILES string of the molecule is CC1(C)NC(=O)N(CCNCC(=O)O)C1=O. The van der Waals surface area contributed by atoms with E-state index in [4.69, 9.17) is 5.11 Å². The van der Waals surface area contributed by atoms with Crippen molar-refractivity contribution in [3.63, 3.8) is 0 Å². The Labute approximate surface area is 92.8 Å². The van der Waals surface area contributed by atoms with Crippen LogP contribution in [0.25, 0.3) is 0 Å². The van der Waals surface area contributed by atoms with Crippen LogP contribution >= 0.6 is 0 Å². The van der Waals surface area contributed by atoms with Gasteiger partial charge < -0.3 is 15.7 Å². The minimum atomic E-state index is -0.975. The summed E-state index contributed by atoms with van der Waals surface area (Å²) in [4.78, 5) is 34.3. The second-order valence-corrected chi connectivity index (χ2v) is 4.08. The van der Waals surface area contributed by atoms with Crippen molar-refractivity contribution in [2.75, 3.05) is 19.6 Å². The molecule has 0 aromatic heterocycles. The van der Waals surface area contributed by atoms with Gasteiger partial charge in [-0.2, -0.15) is 0 Å². The van der Waals surface area contributed by atoms with E-state index in [2.05, 4.69) is 10.6 Å². The molecular weight excluding hydrogens is 214 g/mol. The maximum atomic E-state index is 11.7. The fourth-order valence-corrected chi connectivity index (χ4v) is 1.41. The van der Waals surface area contributed by atoms with Crippen LogP contribution in [0.5, 0.6) is 0 Å². The van der Waals surface area contributed by atoms with Crippen LogP contribution in [0, 0.1) is 0 Å². The molecule has 3 N–H and O–H groups in total. The van der Waals surface area contributed by atoms with Crippen LogP contribution in [-0.4, -0.2) is 53.1 Å². The summed E-state index contributed by atoms with van der Waals surface area (Å²) in [5.41, 5.74) is -0.871. The molecule has 16 heavy (non-hydrogen) atoms. The molecule has 1 aliphatic heterocycles. The largest absolute Gasteiger partial charge is 0.480 e. The molecule has 7 nitrogen and oxygen atoms in total. The van der Waals surface area contributed by atoms with Crippen LogP contribution in [0.2, 0.25) is 0 Å². The van der Waals surface area contributed by atoms with Crippen LogP contribution < -0.4 is 10.6 Å². The molecule has 7 heteroatoms. The molecule has 0 spiro atoms. The highest BCUT2D eigenvalue weighted by molar-refractivity contribution is 6.06. The Morgan fingerprint density at radius 1 is 1.50 bits per heavy atom. The molecule has 0 aromatic carbocycles. The number of hydrogen-bond donors (Lipinski definition) is 3. The summed E-state index contributed by atoms with van der Waals surface area (Å²) in [6, 6.07) is -0.438. The third-order valence-corrected chi connectivity index (χ3v) is 2.23. The summed E-state index contributed by atoms with van der Waals surface area (Å²) >= 11 is 0. The van der Waals surface area contributed by atoms with Gasteiger partial charge in [-0.25, -0.2) is 4.79 Å². The van der Waals surface area contributed by atoms with Gasteiger partial charge in [0.25, 0.3) is 5.91 Å². The standard InChI is InChI=1S/C9H15N3O4/c1-9(2)7(15)12(8(16)11-9)4-3-10-5-6(13)14/h10H,3-5H2,1-2H3,(H,11,16)(H,13,14). The smallest absolute Gasteiger partial charge is 0.325 e. The highest BCUT2D eigenvalue weighted by Crippen LogP contribution is 2.15. The Kier molecular flexibility index (Phi) is 3.48. The van der Waals surface area contributed by atoms with E-state index in [-0.39, 0.29) is 25.5 Å². The normalized spacial score (nSPS) is 18.8. The van der Waals surface area contributed by atoms with Gasteiger partial charge in [0.2, 0.25) is 0 Å². The summed E-state index contributed by atoms with van der Waals surface area (Å²) in [6.45, 7) is 3.49. The van der Waals surface area contributed by atoms with Crippen molar-refractivity contribution < 1.29 is 19.5 Å². The molecule has 1 rings (SSSR count). The number of aliphatic carboxylic acids is 1. The number of imide groups is 1. The molecule has 1 saturated heterocycles. The number of carbonyl (C=O) groups excluding carboxylic acids is 2. The topological polar surface area (TPSA) is 98.7 Å². The Hall–Kier alpha value is -1.63. The van der Waals surface area contributed by atoms with Gasteiger partial charge in [0.15, 0.2) is 0 Å². The molecular formula is C9H15N3O4. The molecule has 0 unspecified atom stereocenters. The first-order chi connectivity index (χ1) is 7.34. The first-order valence-electron chi connectivity index (χ1n) is 4.91. The van der Waals surface area contributed by atoms with Gasteiger partial charge in [0, 0.05) is 13.1 Å². The lowest BCUT2D eigenvalue weighted by Crippen LogP contribution is -2.41. The van der Waals surface area contributed by atoms with E-state index < -0.39 is 17.5 Å². The molecule has 1 heterocycles. The maximum absolute atomic E-state index is 11.7. The van der Waals surface area contributed by atoms with E-state index in [1.807, 2.05) is 0 Å². The molecule has 1 fully saturated rings. The van der Waals surface area contributed by atoms with Crippen molar-refractivity contribution in [1.29, 1.82) is 0 Å². The minimum absolute atomic E-state index is 0.168. The minimum Gasteiger partial charge on any atom is -0.480 e. The maximum Gasteiger partial charge on any atom is 0.325 e. The first-order valence-corrected chi connectivity index (χ1v) is 4.91. The number of rotatable bonds is 5.